The zero-order chi connectivity index (χ0) is 24.7. The lowest BCUT2D eigenvalue weighted by atomic mass is 9.50. The van der Waals surface area contributed by atoms with E-state index in [1.54, 1.807) is 7.11 Å². The molecule has 6 heterocycles. The number of nitrogens with one attached hydrogen (secondary N) is 1. The number of ether oxygens (including phenoxy) is 2. The Bertz CT molecular complexity index is 1390. The van der Waals surface area contributed by atoms with Crippen LogP contribution in [0, 0.1) is 5.92 Å². The number of hydrogen-bond donors (Lipinski definition) is 2. The van der Waals surface area contributed by atoms with Crippen LogP contribution in [-0.2, 0) is 19.7 Å². The molecule has 35 heavy (non-hydrogen) atoms. The Morgan fingerprint density at radius 3 is 2.71 bits per heavy atom. The zero-order valence-corrected chi connectivity index (χ0v) is 20.8. The number of benzene rings is 1. The highest BCUT2D eigenvalue weighted by atomic mass is 16.5. The number of carbonyl (C=O) groups excluding carboxylic acids is 2. The predicted octanol–water partition coefficient (Wildman–Crippen LogP) is 3.29. The van der Waals surface area contributed by atoms with Crippen LogP contribution in [0.2, 0.25) is 0 Å². The maximum Gasteiger partial charge on any atom is 0.252 e. The highest BCUT2D eigenvalue weighted by Crippen LogP contribution is 2.63. The van der Waals surface area contributed by atoms with Gasteiger partial charge in [0, 0.05) is 41.5 Å². The molecule has 4 fully saturated rings. The van der Waals surface area contributed by atoms with E-state index in [-0.39, 0.29) is 17.7 Å². The third-order valence-corrected chi connectivity index (χ3v) is 9.49. The van der Waals surface area contributed by atoms with E-state index in [1.165, 1.54) is 4.73 Å². The molecule has 184 valence electrons. The summed E-state index contributed by atoms with van der Waals surface area (Å²) in [4.78, 5) is 29.5. The van der Waals surface area contributed by atoms with Crippen molar-refractivity contribution in [2.75, 3.05) is 13.7 Å². The summed E-state index contributed by atoms with van der Waals surface area (Å²) in [6.45, 7) is 8.73. The molecule has 1 aromatic carbocycles. The summed E-state index contributed by atoms with van der Waals surface area (Å²) in [6.07, 6.45) is 5.30. The summed E-state index contributed by atoms with van der Waals surface area (Å²) in [5.41, 5.74) is -0.158. The average Bonchev–Trinajstić information content (AvgIpc) is 3.36. The molecule has 6 aliphatic rings. The number of carbonyl (C=O) groups is 2. The highest BCUT2D eigenvalue weighted by molar-refractivity contribution is 6.07. The summed E-state index contributed by atoms with van der Waals surface area (Å²) in [5.74, 6) is 0.333. The van der Waals surface area contributed by atoms with E-state index in [2.05, 4.69) is 19.2 Å². The standard InChI is InChI=1S/C27H31N3O5/c1-24(2)11-9-14-16(35-24)8-7-15-18-20(30(33)19(14)15)25(3,4)17-13-26-10-6-12-29(26)23(32)27(17,21(18)34-5)28-22(26)31/h7-9,11,17,21,33H,6,10,12-13H2,1-5H3,(H,28,31)/t17-,21-,26+,27-/m0/s1. The molecule has 8 heteroatoms. The largest absolute Gasteiger partial charge is 0.483 e. The lowest BCUT2D eigenvalue weighted by Gasteiger charge is -2.65. The van der Waals surface area contributed by atoms with Crippen LogP contribution < -0.4 is 10.1 Å². The molecule has 1 aliphatic carbocycles. The van der Waals surface area contributed by atoms with E-state index in [9.17, 15) is 14.8 Å². The maximum atomic E-state index is 14.2. The number of rotatable bonds is 1. The summed E-state index contributed by atoms with van der Waals surface area (Å²) in [5, 5.41) is 15.7. The van der Waals surface area contributed by atoms with Crippen molar-refractivity contribution < 1.29 is 24.3 Å². The summed E-state index contributed by atoms with van der Waals surface area (Å²) >= 11 is 0. The molecule has 8 nitrogen and oxygen atoms in total. The highest BCUT2D eigenvalue weighted by Gasteiger charge is 2.76. The first-order valence-corrected chi connectivity index (χ1v) is 12.5. The van der Waals surface area contributed by atoms with Gasteiger partial charge in [0.2, 0.25) is 5.91 Å². The Kier molecular flexibility index (Phi) is 3.67. The minimum atomic E-state index is -1.22. The van der Waals surface area contributed by atoms with Crippen molar-refractivity contribution in [1.29, 1.82) is 0 Å². The number of nitrogens with zero attached hydrogens (tertiary/aromatic N) is 2. The van der Waals surface area contributed by atoms with Crippen molar-refractivity contribution in [2.24, 2.45) is 5.92 Å². The van der Waals surface area contributed by atoms with Crippen LogP contribution in [0.5, 0.6) is 5.75 Å². The molecule has 8 rings (SSSR count). The fourth-order valence-electron chi connectivity index (χ4n) is 8.04. The fourth-order valence-corrected chi connectivity index (χ4v) is 8.04. The third kappa shape index (κ3) is 2.15. The molecule has 4 saturated heterocycles. The molecule has 4 atom stereocenters. The van der Waals surface area contributed by atoms with Crippen molar-refractivity contribution in [3.8, 4) is 5.75 Å². The van der Waals surface area contributed by atoms with E-state index in [4.69, 9.17) is 9.47 Å². The molecular weight excluding hydrogens is 446 g/mol. The van der Waals surface area contributed by atoms with Gasteiger partial charge in [0.25, 0.3) is 5.91 Å². The normalized spacial score (nSPS) is 35.3. The predicted molar refractivity (Wildman–Crippen MR) is 128 cm³/mol. The number of piperidine rings is 2. The Balaban J connectivity index is 1.55. The molecule has 2 aromatic rings. The van der Waals surface area contributed by atoms with Gasteiger partial charge < -0.3 is 24.9 Å². The van der Waals surface area contributed by atoms with Crippen LogP contribution in [0.25, 0.3) is 17.0 Å². The molecule has 2 N–H and O–H groups in total. The minimum absolute atomic E-state index is 0.0572. The summed E-state index contributed by atoms with van der Waals surface area (Å²) in [7, 11) is 1.59. The number of methoxy groups -OCH3 is 1. The third-order valence-electron chi connectivity index (χ3n) is 9.49. The van der Waals surface area contributed by atoms with Gasteiger partial charge in [0.1, 0.15) is 23.0 Å². The van der Waals surface area contributed by atoms with Crippen LogP contribution in [0.15, 0.2) is 18.2 Å². The fraction of sp³-hybridized carbons (Fsp3) is 0.556. The van der Waals surface area contributed by atoms with Gasteiger partial charge in [-0.15, -0.1) is 0 Å². The van der Waals surface area contributed by atoms with Gasteiger partial charge in [-0.1, -0.05) is 13.8 Å². The molecule has 5 aliphatic heterocycles. The van der Waals surface area contributed by atoms with Crippen LogP contribution in [-0.4, -0.2) is 57.0 Å². The van der Waals surface area contributed by atoms with E-state index >= 15 is 0 Å². The van der Waals surface area contributed by atoms with E-state index < -0.39 is 28.2 Å². The van der Waals surface area contributed by atoms with Gasteiger partial charge in [-0.25, -0.2) is 0 Å². The first-order chi connectivity index (χ1) is 16.5. The van der Waals surface area contributed by atoms with Crippen LogP contribution in [0.3, 0.4) is 0 Å². The Labute approximate surface area is 203 Å². The molecule has 0 saturated carbocycles. The van der Waals surface area contributed by atoms with E-state index in [1.807, 2.05) is 43.0 Å². The van der Waals surface area contributed by atoms with Crippen molar-refractivity contribution in [3.05, 3.63) is 35.0 Å². The van der Waals surface area contributed by atoms with Crippen LogP contribution >= 0.6 is 0 Å². The zero-order valence-electron chi connectivity index (χ0n) is 20.8. The van der Waals surface area contributed by atoms with Crippen molar-refractivity contribution >= 4 is 28.8 Å². The monoisotopic (exact) mass is 477 g/mol. The SMILES string of the molecule is CO[C@H]1c2c(n(O)c3c4c(ccc23)OC(C)(C)C=C4)C(C)(C)[C@@H]2C[C@@]34CCCN3C(=O)[C@@]12NC4=O. The van der Waals surface area contributed by atoms with Crippen molar-refractivity contribution in [1.82, 2.24) is 14.9 Å². The summed E-state index contributed by atoms with van der Waals surface area (Å²) in [6, 6.07) is 3.85. The summed E-state index contributed by atoms with van der Waals surface area (Å²) < 4.78 is 13.6. The molecule has 1 aromatic heterocycles. The van der Waals surface area contributed by atoms with Crippen LogP contribution in [0.4, 0.5) is 0 Å². The first-order valence-electron chi connectivity index (χ1n) is 12.5. The van der Waals surface area contributed by atoms with Crippen LogP contribution in [0.1, 0.15) is 69.9 Å². The molecule has 0 radical (unpaired) electrons. The Hall–Kier alpha value is -3.00. The quantitative estimate of drug-likeness (QED) is 0.615. The van der Waals surface area contributed by atoms with Gasteiger partial charge in [-0.3, -0.25) is 9.59 Å². The lowest BCUT2D eigenvalue weighted by Crippen LogP contribution is -2.85. The van der Waals surface area contributed by atoms with Gasteiger partial charge in [-0.05, 0) is 57.4 Å². The van der Waals surface area contributed by atoms with Gasteiger partial charge in [0.05, 0.1) is 11.2 Å². The number of aromatic nitrogens is 1. The minimum Gasteiger partial charge on any atom is -0.483 e. The Morgan fingerprint density at radius 1 is 1.20 bits per heavy atom. The molecular formula is C27H31N3O5. The molecule has 0 unspecified atom stereocenters. The lowest BCUT2D eigenvalue weighted by molar-refractivity contribution is -0.193. The number of hydrogen-bond acceptors (Lipinski definition) is 5. The number of piperazine rings is 1. The maximum absolute atomic E-state index is 14.2. The van der Waals surface area contributed by atoms with E-state index in [0.29, 0.717) is 30.7 Å². The number of amides is 2. The average molecular weight is 478 g/mol. The topological polar surface area (TPSA) is 93.0 Å². The second-order valence-electron chi connectivity index (χ2n) is 12.0. The molecule has 2 amide bonds. The van der Waals surface area contributed by atoms with Crippen molar-refractivity contribution in [2.45, 2.75) is 75.2 Å². The van der Waals surface area contributed by atoms with Gasteiger partial charge in [0.15, 0.2) is 5.54 Å². The van der Waals surface area contributed by atoms with E-state index in [0.717, 1.165) is 28.6 Å². The second-order valence-corrected chi connectivity index (χ2v) is 12.0. The second kappa shape index (κ2) is 6.03. The first kappa shape index (κ1) is 21.3. The van der Waals surface area contributed by atoms with Gasteiger partial charge >= 0.3 is 0 Å². The Morgan fingerprint density at radius 2 is 1.97 bits per heavy atom. The number of fused-ring (bicyclic) bond motifs is 6. The smallest absolute Gasteiger partial charge is 0.252 e. The molecule has 2 spiro atoms. The van der Waals surface area contributed by atoms with Crippen molar-refractivity contribution in [3.63, 3.8) is 0 Å². The van der Waals surface area contributed by atoms with Gasteiger partial charge in [-0.2, -0.15) is 4.73 Å². The molecule has 2 bridgehead atoms.